The summed E-state index contributed by atoms with van der Waals surface area (Å²) in [4.78, 5) is 48.0. The number of aromatic nitrogens is 2. The van der Waals surface area contributed by atoms with Gasteiger partial charge >= 0.3 is 7.12 Å². The Morgan fingerprint density at radius 2 is 1.89 bits per heavy atom. The van der Waals surface area contributed by atoms with Crippen LogP contribution in [0, 0.1) is 5.92 Å². The number of likely N-dealkylation sites (tertiary alicyclic amines) is 1. The van der Waals surface area contributed by atoms with Crippen LogP contribution in [0.4, 0.5) is 0 Å². The van der Waals surface area contributed by atoms with Gasteiger partial charge in [-0.3, -0.25) is 14.4 Å². The number of carbonyl (C=O) groups excluding carboxylic acids is 2. The fraction of sp³-hybridized carbons (Fsp3) is 0.615. The van der Waals surface area contributed by atoms with Crippen LogP contribution in [0.1, 0.15) is 79.6 Å². The Morgan fingerprint density at radius 3 is 2.50 bits per heavy atom. The molecule has 0 bridgehead atoms. The lowest BCUT2D eigenvalue weighted by atomic mass is 9.78. The van der Waals surface area contributed by atoms with Crippen molar-refractivity contribution in [2.75, 3.05) is 6.54 Å². The lowest BCUT2D eigenvalue weighted by Crippen LogP contribution is -2.51. The Labute approximate surface area is 212 Å². The number of hydrogen-bond acceptors (Lipinski definition) is 6. The number of amides is 2. The predicted octanol–water partition coefficient (Wildman–Crippen LogP) is 2.44. The first-order valence-corrected chi connectivity index (χ1v) is 12.8. The number of nitrogens with zero attached hydrogens (tertiary/aromatic N) is 2. The van der Waals surface area contributed by atoms with Gasteiger partial charge in [0, 0.05) is 13.0 Å². The number of benzene rings is 1. The lowest BCUT2D eigenvalue weighted by Gasteiger charge is -2.32. The molecule has 10 heteroatoms. The molecule has 0 spiro atoms. The van der Waals surface area contributed by atoms with Crippen molar-refractivity contribution in [2.45, 2.75) is 91.0 Å². The summed E-state index contributed by atoms with van der Waals surface area (Å²) in [5.41, 5.74) is 0.0689. The van der Waals surface area contributed by atoms with Gasteiger partial charge in [0.25, 0.3) is 5.56 Å². The molecule has 194 valence electrons. The van der Waals surface area contributed by atoms with Crippen LogP contribution in [-0.4, -0.2) is 57.6 Å². The Bertz CT molecular complexity index is 1210. The molecule has 0 aliphatic carbocycles. The van der Waals surface area contributed by atoms with Gasteiger partial charge in [-0.25, -0.2) is 4.98 Å². The van der Waals surface area contributed by atoms with Gasteiger partial charge in [-0.1, -0.05) is 26.8 Å². The van der Waals surface area contributed by atoms with Crippen molar-refractivity contribution in [1.29, 1.82) is 0 Å². The largest absolute Gasteiger partial charge is 0.494 e. The van der Waals surface area contributed by atoms with Crippen LogP contribution in [0.2, 0.25) is 0 Å². The molecule has 2 aliphatic heterocycles. The summed E-state index contributed by atoms with van der Waals surface area (Å²) in [5, 5.41) is 3.30. The number of rotatable bonds is 6. The number of nitrogens with one attached hydrogen (secondary N) is 2. The monoisotopic (exact) mass is 496 g/mol. The molecule has 2 fully saturated rings. The van der Waals surface area contributed by atoms with Crippen LogP contribution >= 0.6 is 0 Å². The average Bonchev–Trinajstić information content (AvgIpc) is 3.38. The van der Waals surface area contributed by atoms with E-state index in [4.69, 9.17) is 14.3 Å². The zero-order valence-electron chi connectivity index (χ0n) is 22.3. The minimum Gasteiger partial charge on any atom is -0.399 e. The zero-order chi connectivity index (χ0) is 26.4. The molecule has 2 N–H and O–H groups in total. The second-order valence-corrected chi connectivity index (χ2v) is 11.1. The summed E-state index contributed by atoms with van der Waals surface area (Å²) in [6.07, 6.45) is 1.80. The number of H-pyrrole nitrogens is 1. The van der Waals surface area contributed by atoms with Crippen LogP contribution in [0.5, 0.6) is 0 Å². The van der Waals surface area contributed by atoms with Gasteiger partial charge in [0.05, 0.1) is 28.1 Å². The van der Waals surface area contributed by atoms with Crippen LogP contribution < -0.4 is 16.3 Å². The SMILES string of the molecule is CCC(=O)N[C@H](C(=O)N1CCC[C@H]1c1nc2ccc(B3OC(C)(C)C(C)(C)O3)cc2c(=O)[nH]1)C(C)C. The first-order chi connectivity index (χ1) is 16.8. The second-order valence-electron chi connectivity index (χ2n) is 11.1. The molecule has 9 nitrogen and oxygen atoms in total. The van der Waals surface area contributed by atoms with E-state index in [1.54, 1.807) is 24.0 Å². The smallest absolute Gasteiger partial charge is 0.399 e. The Morgan fingerprint density at radius 1 is 1.22 bits per heavy atom. The summed E-state index contributed by atoms with van der Waals surface area (Å²) >= 11 is 0. The molecule has 4 rings (SSSR count). The zero-order valence-corrected chi connectivity index (χ0v) is 22.3. The molecule has 2 aliphatic rings. The topological polar surface area (TPSA) is 114 Å². The highest BCUT2D eigenvalue weighted by Gasteiger charge is 2.51. The molecule has 3 heterocycles. The molecule has 0 radical (unpaired) electrons. The molecule has 0 saturated carbocycles. The molecular weight excluding hydrogens is 459 g/mol. The molecule has 2 saturated heterocycles. The van der Waals surface area contributed by atoms with Gasteiger partial charge < -0.3 is 24.5 Å². The Hall–Kier alpha value is -2.72. The predicted molar refractivity (Wildman–Crippen MR) is 139 cm³/mol. The van der Waals surface area contributed by atoms with Gasteiger partial charge in [-0.15, -0.1) is 0 Å². The maximum absolute atomic E-state index is 13.4. The van der Waals surface area contributed by atoms with Crippen molar-refractivity contribution in [3.05, 3.63) is 34.4 Å². The van der Waals surface area contributed by atoms with E-state index in [1.807, 2.05) is 47.6 Å². The third kappa shape index (κ3) is 4.80. The van der Waals surface area contributed by atoms with E-state index in [-0.39, 0.29) is 29.3 Å². The normalized spacial score (nSPS) is 21.8. The van der Waals surface area contributed by atoms with Crippen LogP contribution in [0.3, 0.4) is 0 Å². The molecule has 1 aromatic heterocycles. The van der Waals surface area contributed by atoms with Gasteiger partial charge in [-0.2, -0.15) is 0 Å². The second kappa shape index (κ2) is 9.63. The van der Waals surface area contributed by atoms with E-state index in [9.17, 15) is 14.4 Å². The Balaban J connectivity index is 1.62. The third-order valence-electron chi connectivity index (χ3n) is 7.69. The molecule has 0 unspecified atom stereocenters. The van der Waals surface area contributed by atoms with E-state index in [0.717, 1.165) is 11.9 Å². The minimum absolute atomic E-state index is 0.0636. The number of fused-ring (bicyclic) bond motifs is 1. The van der Waals surface area contributed by atoms with Crippen molar-refractivity contribution < 1.29 is 18.9 Å². The summed E-state index contributed by atoms with van der Waals surface area (Å²) in [6, 6.07) is 4.46. The van der Waals surface area contributed by atoms with Gasteiger partial charge in [0.2, 0.25) is 11.8 Å². The van der Waals surface area contributed by atoms with Crippen molar-refractivity contribution in [2.24, 2.45) is 5.92 Å². The minimum atomic E-state index is -0.618. The molecular formula is C26H37BN4O5. The maximum Gasteiger partial charge on any atom is 0.494 e. The van der Waals surface area contributed by atoms with Crippen LogP contribution in [-0.2, 0) is 18.9 Å². The number of hydrogen-bond donors (Lipinski definition) is 2. The van der Waals surface area contributed by atoms with Gasteiger partial charge in [-0.05, 0) is 64.1 Å². The summed E-state index contributed by atoms with van der Waals surface area (Å²) in [5.74, 6) is 0.0957. The van der Waals surface area contributed by atoms with Crippen LogP contribution in [0.15, 0.2) is 23.0 Å². The van der Waals surface area contributed by atoms with Gasteiger partial charge in [0.15, 0.2) is 0 Å². The highest BCUT2D eigenvalue weighted by atomic mass is 16.7. The first kappa shape index (κ1) is 26.4. The highest BCUT2D eigenvalue weighted by molar-refractivity contribution is 6.62. The summed E-state index contributed by atoms with van der Waals surface area (Å²) in [7, 11) is -0.576. The van der Waals surface area contributed by atoms with E-state index >= 15 is 0 Å². The molecule has 1 aromatic carbocycles. The summed E-state index contributed by atoms with van der Waals surface area (Å²) in [6.45, 7) is 14.1. The van der Waals surface area contributed by atoms with E-state index in [1.165, 1.54) is 0 Å². The third-order valence-corrected chi connectivity index (χ3v) is 7.69. The van der Waals surface area contributed by atoms with E-state index in [0.29, 0.717) is 36.1 Å². The standard InChI is InChI=1S/C26H37BN4O5/c1-8-20(32)29-21(15(2)3)24(34)31-13-9-10-19(31)22-28-18-12-11-16(14-17(18)23(33)30-22)27-35-25(4,5)26(6,7)36-27/h11-12,14-15,19,21H,8-10,13H2,1-7H3,(H,29,32)(H,28,30,33)/t19-,21-/m0/s1. The summed E-state index contributed by atoms with van der Waals surface area (Å²) < 4.78 is 12.3. The quantitative estimate of drug-likeness (QED) is 0.594. The number of aromatic amines is 1. The van der Waals surface area contributed by atoms with Crippen LogP contribution in [0.25, 0.3) is 10.9 Å². The fourth-order valence-electron chi connectivity index (χ4n) is 4.74. The van der Waals surface area contributed by atoms with Crippen molar-refractivity contribution >= 4 is 35.3 Å². The molecule has 2 atom stereocenters. The first-order valence-electron chi connectivity index (χ1n) is 12.8. The lowest BCUT2D eigenvalue weighted by molar-refractivity contribution is -0.138. The molecule has 36 heavy (non-hydrogen) atoms. The Kier molecular flexibility index (Phi) is 7.05. The van der Waals surface area contributed by atoms with E-state index in [2.05, 4.69) is 10.3 Å². The van der Waals surface area contributed by atoms with Gasteiger partial charge in [0.1, 0.15) is 11.9 Å². The molecule has 2 aromatic rings. The van der Waals surface area contributed by atoms with Crippen molar-refractivity contribution in [1.82, 2.24) is 20.2 Å². The maximum atomic E-state index is 13.4. The van der Waals surface area contributed by atoms with E-state index < -0.39 is 24.4 Å². The average molecular weight is 496 g/mol. The number of carbonyl (C=O) groups is 2. The highest BCUT2D eigenvalue weighted by Crippen LogP contribution is 2.36. The van der Waals surface area contributed by atoms with Crippen molar-refractivity contribution in [3.8, 4) is 0 Å². The molecule has 2 amide bonds. The fourth-order valence-corrected chi connectivity index (χ4v) is 4.74. The van der Waals surface area contributed by atoms with Crippen molar-refractivity contribution in [3.63, 3.8) is 0 Å².